The van der Waals surface area contributed by atoms with E-state index in [2.05, 4.69) is 5.32 Å². The zero-order chi connectivity index (χ0) is 15.1. The SMILES string of the molecule is CCC(C(=O)NCCCC(=O)O)n1cc(C)ccc1=O. The Hall–Kier alpha value is -2.11. The number of aromatic nitrogens is 1. The van der Waals surface area contributed by atoms with Crippen LogP contribution >= 0.6 is 0 Å². The maximum absolute atomic E-state index is 12.1. The first-order valence-electron chi connectivity index (χ1n) is 6.64. The number of carboxylic acid groups (broad SMARTS) is 1. The highest BCUT2D eigenvalue weighted by atomic mass is 16.4. The fourth-order valence-electron chi connectivity index (χ4n) is 1.94. The van der Waals surface area contributed by atoms with Crippen LogP contribution in [0.15, 0.2) is 23.1 Å². The molecule has 1 unspecified atom stereocenters. The monoisotopic (exact) mass is 280 g/mol. The third kappa shape index (κ3) is 4.53. The summed E-state index contributed by atoms with van der Waals surface area (Å²) in [6.45, 7) is 3.98. The van der Waals surface area contributed by atoms with Crippen LogP contribution < -0.4 is 10.9 Å². The Balaban J connectivity index is 2.70. The highest BCUT2D eigenvalue weighted by Gasteiger charge is 2.18. The predicted molar refractivity (Wildman–Crippen MR) is 74.6 cm³/mol. The van der Waals surface area contributed by atoms with E-state index >= 15 is 0 Å². The number of carbonyl (C=O) groups excluding carboxylic acids is 1. The molecule has 1 aromatic heterocycles. The van der Waals surface area contributed by atoms with Gasteiger partial charge in [0.2, 0.25) is 5.91 Å². The quantitative estimate of drug-likeness (QED) is 0.732. The topological polar surface area (TPSA) is 88.4 Å². The van der Waals surface area contributed by atoms with Crippen LogP contribution in [-0.2, 0) is 9.59 Å². The van der Waals surface area contributed by atoms with Gasteiger partial charge in [-0.05, 0) is 25.3 Å². The molecule has 0 fully saturated rings. The average molecular weight is 280 g/mol. The lowest BCUT2D eigenvalue weighted by molar-refractivity contribution is -0.137. The molecule has 0 spiro atoms. The largest absolute Gasteiger partial charge is 0.481 e. The van der Waals surface area contributed by atoms with Crippen molar-refractivity contribution in [1.29, 1.82) is 0 Å². The average Bonchev–Trinajstić information content (AvgIpc) is 2.39. The molecule has 1 atom stereocenters. The minimum atomic E-state index is -0.888. The first-order chi connectivity index (χ1) is 9.45. The van der Waals surface area contributed by atoms with Crippen LogP contribution in [0.3, 0.4) is 0 Å². The summed E-state index contributed by atoms with van der Waals surface area (Å²) in [5.74, 6) is -1.15. The second kappa shape index (κ2) is 7.47. The van der Waals surface area contributed by atoms with Crippen LogP contribution in [0, 0.1) is 6.92 Å². The van der Waals surface area contributed by atoms with Crippen LogP contribution in [0.25, 0.3) is 0 Å². The van der Waals surface area contributed by atoms with E-state index in [0.717, 1.165) is 5.56 Å². The summed E-state index contributed by atoms with van der Waals surface area (Å²) in [4.78, 5) is 34.2. The first-order valence-corrected chi connectivity index (χ1v) is 6.64. The molecule has 20 heavy (non-hydrogen) atoms. The van der Waals surface area contributed by atoms with Crippen molar-refractivity contribution in [3.05, 3.63) is 34.2 Å². The van der Waals surface area contributed by atoms with Crippen molar-refractivity contribution < 1.29 is 14.7 Å². The molecule has 0 saturated heterocycles. The van der Waals surface area contributed by atoms with Gasteiger partial charge in [-0.15, -0.1) is 0 Å². The van der Waals surface area contributed by atoms with Gasteiger partial charge >= 0.3 is 5.97 Å². The molecule has 0 aliphatic carbocycles. The van der Waals surface area contributed by atoms with Crippen molar-refractivity contribution in [3.8, 4) is 0 Å². The lowest BCUT2D eigenvalue weighted by atomic mass is 10.2. The second-order valence-electron chi connectivity index (χ2n) is 4.66. The minimum absolute atomic E-state index is 0.0153. The minimum Gasteiger partial charge on any atom is -0.481 e. The molecule has 6 nitrogen and oxygen atoms in total. The van der Waals surface area contributed by atoms with E-state index in [1.54, 1.807) is 12.3 Å². The number of hydrogen-bond acceptors (Lipinski definition) is 3. The van der Waals surface area contributed by atoms with E-state index < -0.39 is 12.0 Å². The van der Waals surface area contributed by atoms with E-state index in [0.29, 0.717) is 19.4 Å². The van der Waals surface area contributed by atoms with Gasteiger partial charge in [-0.2, -0.15) is 0 Å². The van der Waals surface area contributed by atoms with Crippen LogP contribution in [-0.4, -0.2) is 28.1 Å². The lowest BCUT2D eigenvalue weighted by Crippen LogP contribution is -2.37. The van der Waals surface area contributed by atoms with Crippen LogP contribution in [0.5, 0.6) is 0 Å². The van der Waals surface area contributed by atoms with Crippen LogP contribution in [0.4, 0.5) is 0 Å². The number of pyridine rings is 1. The van der Waals surface area contributed by atoms with E-state index in [4.69, 9.17) is 5.11 Å². The predicted octanol–water partition coefficient (Wildman–Crippen LogP) is 1.09. The maximum Gasteiger partial charge on any atom is 0.303 e. The van der Waals surface area contributed by atoms with Gasteiger partial charge in [0.1, 0.15) is 6.04 Å². The van der Waals surface area contributed by atoms with Gasteiger partial charge in [0.05, 0.1) is 0 Å². The van der Waals surface area contributed by atoms with E-state index in [-0.39, 0.29) is 17.9 Å². The number of nitrogens with one attached hydrogen (secondary N) is 1. The van der Waals surface area contributed by atoms with E-state index in [1.807, 2.05) is 13.8 Å². The van der Waals surface area contributed by atoms with Crippen molar-refractivity contribution >= 4 is 11.9 Å². The Morgan fingerprint density at radius 3 is 2.70 bits per heavy atom. The molecular weight excluding hydrogens is 260 g/mol. The van der Waals surface area contributed by atoms with Crippen molar-refractivity contribution in [1.82, 2.24) is 9.88 Å². The number of carboxylic acids is 1. The molecule has 110 valence electrons. The molecule has 6 heteroatoms. The van der Waals surface area contributed by atoms with Gasteiger partial charge in [-0.1, -0.05) is 13.0 Å². The number of nitrogens with zero attached hydrogens (tertiary/aromatic N) is 1. The Labute approximate surface area is 117 Å². The Morgan fingerprint density at radius 2 is 2.10 bits per heavy atom. The third-order valence-electron chi connectivity index (χ3n) is 2.98. The molecule has 0 aliphatic rings. The number of hydrogen-bond donors (Lipinski definition) is 2. The van der Waals surface area contributed by atoms with Gasteiger partial charge < -0.3 is 15.0 Å². The fraction of sp³-hybridized carbons (Fsp3) is 0.500. The molecule has 0 aliphatic heterocycles. The second-order valence-corrected chi connectivity index (χ2v) is 4.66. The molecule has 0 bridgehead atoms. The molecule has 1 rings (SSSR count). The Bertz CT molecular complexity index is 536. The molecule has 1 amide bonds. The molecular formula is C14H20N2O4. The van der Waals surface area contributed by atoms with E-state index in [9.17, 15) is 14.4 Å². The summed E-state index contributed by atoms with van der Waals surface area (Å²) < 4.78 is 1.42. The number of aliphatic carboxylic acids is 1. The first kappa shape index (κ1) is 15.9. The van der Waals surface area contributed by atoms with Crippen molar-refractivity contribution in [2.24, 2.45) is 0 Å². The zero-order valence-corrected chi connectivity index (χ0v) is 11.8. The normalized spacial score (nSPS) is 11.9. The highest BCUT2D eigenvalue weighted by molar-refractivity contribution is 5.80. The van der Waals surface area contributed by atoms with Crippen molar-refractivity contribution in [2.75, 3.05) is 6.54 Å². The molecule has 0 radical (unpaired) electrons. The molecule has 2 N–H and O–H groups in total. The molecule has 0 aromatic carbocycles. The van der Waals surface area contributed by atoms with Crippen molar-refractivity contribution in [2.45, 2.75) is 39.2 Å². The van der Waals surface area contributed by atoms with Crippen LogP contribution in [0.2, 0.25) is 0 Å². The Kier molecular flexibility index (Phi) is 5.96. The summed E-state index contributed by atoms with van der Waals surface area (Å²) in [6.07, 6.45) is 2.54. The van der Waals surface area contributed by atoms with Gasteiger partial charge in [-0.25, -0.2) is 0 Å². The summed E-state index contributed by atoms with van der Waals surface area (Å²) in [5, 5.41) is 11.2. The fourth-order valence-corrected chi connectivity index (χ4v) is 1.94. The van der Waals surface area contributed by atoms with Gasteiger partial charge in [0.25, 0.3) is 5.56 Å². The standard InChI is InChI=1S/C14H20N2O4/c1-3-11(14(20)15-8-4-5-13(18)19)16-9-10(2)6-7-12(16)17/h6-7,9,11H,3-5,8H2,1-2H3,(H,15,20)(H,18,19). The number of rotatable bonds is 7. The van der Waals surface area contributed by atoms with Gasteiger partial charge in [0.15, 0.2) is 0 Å². The maximum atomic E-state index is 12.1. The number of amides is 1. The summed E-state index contributed by atoms with van der Waals surface area (Å²) in [5.41, 5.74) is 0.685. The highest BCUT2D eigenvalue weighted by Crippen LogP contribution is 2.09. The van der Waals surface area contributed by atoms with Gasteiger partial charge in [0, 0.05) is 25.2 Å². The molecule has 0 saturated carbocycles. The van der Waals surface area contributed by atoms with Gasteiger partial charge in [-0.3, -0.25) is 14.4 Å². The molecule has 1 aromatic rings. The third-order valence-corrected chi connectivity index (χ3v) is 2.98. The van der Waals surface area contributed by atoms with E-state index in [1.165, 1.54) is 10.6 Å². The van der Waals surface area contributed by atoms with Crippen molar-refractivity contribution in [3.63, 3.8) is 0 Å². The summed E-state index contributed by atoms with van der Waals surface area (Å²) in [6, 6.07) is 2.58. The molecule has 1 heterocycles. The van der Waals surface area contributed by atoms with Crippen LogP contribution in [0.1, 0.15) is 37.8 Å². The Morgan fingerprint density at radius 1 is 1.40 bits per heavy atom. The zero-order valence-electron chi connectivity index (χ0n) is 11.8. The number of aryl methyl sites for hydroxylation is 1. The smallest absolute Gasteiger partial charge is 0.303 e. The lowest BCUT2D eigenvalue weighted by Gasteiger charge is -2.18. The summed E-state index contributed by atoms with van der Waals surface area (Å²) >= 11 is 0. The number of carbonyl (C=O) groups is 2. The summed E-state index contributed by atoms with van der Waals surface area (Å²) in [7, 11) is 0.